The molecule has 1 saturated heterocycles. The van der Waals surface area contributed by atoms with Gasteiger partial charge in [-0.05, 0) is 29.2 Å². The zero-order chi connectivity index (χ0) is 16.3. The predicted molar refractivity (Wildman–Crippen MR) is 91.2 cm³/mol. The highest BCUT2D eigenvalue weighted by Gasteiger charge is 2.24. The summed E-state index contributed by atoms with van der Waals surface area (Å²) in [5, 5.41) is 0. The fraction of sp³-hybridized carbons (Fsp3) is 0.400. The molecule has 0 aliphatic carbocycles. The van der Waals surface area contributed by atoms with Crippen molar-refractivity contribution in [2.24, 2.45) is 0 Å². The van der Waals surface area contributed by atoms with E-state index in [0.29, 0.717) is 13.2 Å². The summed E-state index contributed by atoms with van der Waals surface area (Å²) in [5.74, 6) is 1.79. The van der Waals surface area contributed by atoms with E-state index >= 15 is 0 Å². The Kier molecular flexibility index (Phi) is 4.58. The van der Waals surface area contributed by atoms with Gasteiger partial charge in [-0.15, -0.1) is 0 Å². The molecule has 2 aromatic rings. The van der Waals surface area contributed by atoms with Gasteiger partial charge in [0.2, 0.25) is 0 Å². The second-order valence-electron chi connectivity index (χ2n) is 6.95. The van der Waals surface area contributed by atoms with Gasteiger partial charge in [0.1, 0.15) is 30.8 Å². The Morgan fingerprint density at radius 2 is 1.78 bits per heavy atom. The minimum absolute atomic E-state index is 0.0124. The molecule has 0 amide bonds. The molecule has 1 unspecified atom stereocenters. The molecule has 0 spiro atoms. The maximum Gasteiger partial charge on any atom is 0.123 e. The first-order valence-electron chi connectivity index (χ1n) is 8.08. The lowest BCUT2D eigenvalue weighted by Crippen LogP contribution is -2.14. The molecular weight excluding hydrogens is 288 g/mol. The molecule has 0 aromatic heterocycles. The fourth-order valence-corrected chi connectivity index (χ4v) is 2.40. The maximum atomic E-state index is 6.06. The summed E-state index contributed by atoms with van der Waals surface area (Å²) >= 11 is 0. The number of hydrogen-bond donors (Lipinski definition) is 0. The van der Waals surface area contributed by atoms with Crippen LogP contribution in [-0.4, -0.2) is 19.3 Å². The minimum Gasteiger partial charge on any atom is -0.491 e. The van der Waals surface area contributed by atoms with Gasteiger partial charge in [-0.25, -0.2) is 0 Å². The van der Waals surface area contributed by atoms with Gasteiger partial charge in [-0.2, -0.15) is 0 Å². The zero-order valence-corrected chi connectivity index (χ0v) is 14.0. The predicted octanol–water partition coefficient (Wildman–Crippen LogP) is 4.34. The Labute approximate surface area is 138 Å². The number of ether oxygens (including phenoxy) is 3. The highest BCUT2D eigenvalue weighted by atomic mass is 16.6. The Hall–Kier alpha value is -2.00. The molecule has 1 aliphatic heterocycles. The molecule has 2 aromatic carbocycles. The summed E-state index contributed by atoms with van der Waals surface area (Å²) in [6, 6.07) is 16.3. The van der Waals surface area contributed by atoms with Crippen molar-refractivity contribution in [3.8, 4) is 11.5 Å². The second-order valence-corrected chi connectivity index (χ2v) is 6.95. The molecule has 3 rings (SSSR count). The number of benzene rings is 2. The van der Waals surface area contributed by atoms with Crippen molar-refractivity contribution in [1.29, 1.82) is 0 Å². The van der Waals surface area contributed by atoms with E-state index in [2.05, 4.69) is 39.0 Å². The third-order valence-corrected chi connectivity index (χ3v) is 3.83. The van der Waals surface area contributed by atoms with Crippen LogP contribution in [0.1, 0.15) is 31.9 Å². The van der Waals surface area contributed by atoms with Crippen LogP contribution >= 0.6 is 0 Å². The molecule has 0 radical (unpaired) electrons. The van der Waals surface area contributed by atoms with Gasteiger partial charge in [0.25, 0.3) is 0 Å². The molecule has 0 bridgehead atoms. The van der Waals surface area contributed by atoms with E-state index in [1.165, 1.54) is 5.56 Å². The van der Waals surface area contributed by atoms with Crippen molar-refractivity contribution in [2.75, 3.05) is 13.2 Å². The van der Waals surface area contributed by atoms with Gasteiger partial charge in [0.05, 0.1) is 6.61 Å². The van der Waals surface area contributed by atoms with E-state index < -0.39 is 0 Å². The monoisotopic (exact) mass is 312 g/mol. The summed E-state index contributed by atoms with van der Waals surface area (Å²) < 4.78 is 17.1. The first kappa shape index (κ1) is 15.9. The standard InChI is InChI=1S/C20H24O3/c1-20(2,3)18-11-16(21-13-17-14-22-17)9-10-19(18)23-12-15-7-5-4-6-8-15/h4-11,17H,12-14H2,1-3H3. The molecule has 23 heavy (non-hydrogen) atoms. The van der Waals surface area contributed by atoms with Crippen LogP contribution in [0.2, 0.25) is 0 Å². The molecule has 1 atom stereocenters. The molecule has 1 fully saturated rings. The van der Waals surface area contributed by atoms with Gasteiger partial charge < -0.3 is 14.2 Å². The van der Waals surface area contributed by atoms with Crippen LogP contribution in [0.4, 0.5) is 0 Å². The fourth-order valence-electron chi connectivity index (χ4n) is 2.40. The number of rotatable bonds is 6. The van der Waals surface area contributed by atoms with Gasteiger partial charge in [-0.1, -0.05) is 51.1 Å². The normalized spacial score (nSPS) is 16.9. The maximum absolute atomic E-state index is 6.06. The summed E-state index contributed by atoms with van der Waals surface area (Å²) in [6.07, 6.45) is 0.266. The average molecular weight is 312 g/mol. The summed E-state index contributed by atoms with van der Waals surface area (Å²) in [6.45, 7) is 8.56. The van der Waals surface area contributed by atoms with Crippen molar-refractivity contribution in [2.45, 2.75) is 38.9 Å². The summed E-state index contributed by atoms with van der Waals surface area (Å²) in [5.41, 5.74) is 2.31. The van der Waals surface area contributed by atoms with Crippen LogP contribution < -0.4 is 9.47 Å². The quantitative estimate of drug-likeness (QED) is 0.743. The molecule has 1 aliphatic rings. The lowest BCUT2D eigenvalue weighted by atomic mass is 9.86. The molecule has 0 saturated carbocycles. The van der Waals surface area contributed by atoms with Crippen LogP contribution in [0.15, 0.2) is 48.5 Å². The van der Waals surface area contributed by atoms with Gasteiger partial charge in [0, 0.05) is 5.56 Å². The highest BCUT2D eigenvalue weighted by Crippen LogP contribution is 2.35. The number of hydrogen-bond acceptors (Lipinski definition) is 3. The summed E-state index contributed by atoms with van der Waals surface area (Å²) in [7, 11) is 0. The van der Waals surface area contributed by atoms with Crippen LogP contribution in [0.3, 0.4) is 0 Å². The smallest absolute Gasteiger partial charge is 0.123 e. The molecule has 1 heterocycles. The molecule has 122 valence electrons. The molecule has 3 nitrogen and oxygen atoms in total. The van der Waals surface area contributed by atoms with Crippen molar-refractivity contribution >= 4 is 0 Å². The Balaban J connectivity index is 1.74. The first-order valence-corrected chi connectivity index (χ1v) is 8.08. The van der Waals surface area contributed by atoms with Crippen molar-refractivity contribution in [3.63, 3.8) is 0 Å². The molecular formula is C20H24O3. The van der Waals surface area contributed by atoms with E-state index in [1.54, 1.807) is 0 Å². The zero-order valence-electron chi connectivity index (χ0n) is 14.0. The van der Waals surface area contributed by atoms with E-state index in [9.17, 15) is 0 Å². The average Bonchev–Trinajstić information content (AvgIpc) is 3.36. The summed E-state index contributed by atoms with van der Waals surface area (Å²) in [4.78, 5) is 0. The van der Waals surface area contributed by atoms with Gasteiger partial charge >= 0.3 is 0 Å². The third-order valence-electron chi connectivity index (χ3n) is 3.83. The van der Waals surface area contributed by atoms with Crippen LogP contribution in [0, 0.1) is 0 Å². The van der Waals surface area contributed by atoms with Crippen molar-refractivity contribution in [1.82, 2.24) is 0 Å². The first-order chi connectivity index (χ1) is 11.0. The second kappa shape index (κ2) is 6.63. The Bertz CT molecular complexity index is 640. The lowest BCUT2D eigenvalue weighted by molar-refractivity contribution is 0.260. The van der Waals surface area contributed by atoms with E-state index in [1.807, 2.05) is 30.3 Å². The SMILES string of the molecule is CC(C)(C)c1cc(OCC2CO2)ccc1OCc1ccccc1. The van der Waals surface area contributed by atoms with Gasteiger partial charge in [-0.3, -0.25) is 0 Å². The van der Waals surface area contributed by atoms with Crippen LogP contribution in [0.5, 0.6) is 11.5 Å². The lowest BCUT2D eigenvalue weighted by Gasteiger charge is -2.23. The van der Waals surface area contributed by atoms with E-state index in [-0.39, 0.29) is 11.5 Å². The Morgan fingerprint density at radius 1 is 1.04 bits per heavy atom. The highest BCUT2D eigenvalue weighted by molar-refractivity contribution is 5.44. The van der Waals surface area contributed by atoms with Crippen molar-refractivity contribution < 1.29 is 14.2 Å². The van der Waals surface area contributed by atoms with E-state index in [4.69, 9.17) is 14.2 Å². The third kappa shape index (κ3) is 4.49. The Morgan fingerprint density at radius 3 is 2.43 bits per heavy atom. The van der Waals surface area contributed by atoms with Crippen LogP contribution in [-0.2, 0) is 16.8 Å². The van der Waals surface area contributed by atoms with E-state index in [0.717, 1.165) is 23.7 Å². The number of epoxide rings is 1. The molecule has 0 N–H and O–H groups in total. The topological polar surface area (TPSA) is 31.0 Å². The van der Waals surface area contributed by atoms with Crippen molar-refractivity contribution in [3.05, 3.63) is 59.7 Å². The van der Waals surface area contributed by atoms with Gasteiger partial charge in [0.15, 0.2) is 0 Å². The molecule has 3 heteroatoms. The van der Waals surface area contributed by atoms with Crippen LogP contribution in [0.25, 0.3) is 0 Å². The minimum atomic E-state index is -0.0124. The largest absolute Gasteiger partial charge is 0.491 e.